The summed E-state index contributed by atoms with van der Waals surface area (Å²) in [6.45, 7) is 3.03. The third kappa shape index (κ3) is 4.00. The normalized spacial score (nSPS) is 31.3. The minimum absolute atomic E-state index is 0.0815. The Balaban J connectivity index is 1.14. The minimum Gasteiger partial charge on any atom is -0.446 e. The van der Waals surface area contributed by atoms with E-state index >= 15 is 0 Å². The van der Waals surface area contributed by atoms with Crippen LogP contribution in [0.3, 0.4) is 0 Å². The SMILES string of the molecule is O=C(OC1CC1)N1CCC(C2NOC(c3ccnc(C4CCOC4)c3)N2)CC1. The quantitative estimate of drug-likeness (QED) is 0.816. The van der Waals surface area contributed by atoms with E-state index < -0.39 is 0 Å². The number of carbonyl (C=O) groups is 1. The highest BCUT2D eigenvalue weighted by Gasteiger charge is 2.36. The van der Waals surface area contributed by atoms with E-state index in [-0.39, 0.29) is 24.6 Å². The molecule has 1 aromatic heterocycles. The summed E-state index contributed by atoms with van der Waals surface area (Å²) >= 11 is 0. The molecule has 5 rings (SSSR count). The van der Waals surface area contributed by atoms with Gasteiger partial charge in [0, 0.05) is 43.1 Å². The third-order valence-corrected chi connectivity index (χ3v) is 6.16. The third-order valence-electron chi connectivity index (χ3n) is 6.16. The Morgan fingerprint density at radius 3 is 2.82 bits per heavy atom. The van der Waals surface area contributed by atoms with Crippen molar-refractivity contribution in [1.29, 1.82) is 0 Å². The Morgan fingerprint density at radius 1 is 1.21 bits per heavy atom. The van der Waals surface area contributed by atoms with Crippen LogP contribution in [0.15, 0.2) is 18.3 Å². The first-order chi connectivity index (χ1) is 13.8. The zero-order valence-electron chi connectivity index (χ0n) is 16.0. The van der Waals surface area contributed by atoms with Gasteiger partial charge in [-0.3, -0.25) is 15.1 Å². The van der Waals surface area contributed by atoms with E-state index in [1.54, 1.807) is 0 Å². The first kappa shape index (κ1) is 18.3. The number of ether oxygens (including phenoxy) is 2. The maximum absolute atomic E-state index is 12.1. The fraction of sp³-hybridized carbons (Fsp3) is 0.700. The van der Waals surface area contributed by atoms with E-state index in [0.29, 0.717) is 11.8 Å². The molecule has 3 saturated heterocycles. The van der Waals surface area contributed by atoms with Crippen LogP contribution in [-0.2, 0) is 14.3 Å². The van der Waals surface area contributed by atoms with Crippen molar-refractivity contribution in [1.82, 2.24) is 20.7 Å². The second-order valence-electron chi connectivity index (χ2n) is 8.24. The van der Waals surface area contributed by atoms with Crippen LogP contribution in [0.4, 0.5) is 4.79 Å². The number of hydroxylamine groups is 1. The summed E-state index contributed by atoms with van der Waals surface area (Å²) in [5.74, 6) is 0.796. The molecule has 28 heavy (non-hydrogen) atoms. The van der Waals surface area contributed by atoms with Crippen LogP contribution < -0.4 is 10.8 Å². The Morgan fingerprint density at radius 2 is 2.07 bits per heavy atom. The van der Waals surface area contributed by atoms with Gasteiger partial charge in [0.1, 0.15) is 6.10 Å². The van der Waals surface area contributed by atoms with Gasteiger partial charge in [0.2, 0.25) is 0 Å². The number of piperidine rings is 1. The van der Waals surface area contributed by atoms with E-state index in [9.17, 15) is 4.79 Å². The number of nitrogens with zero attached hydrogens (tertiary/aromatic N) is 2. The summed E-state index contributed by atoms with van der Waals surface area (Å²) in [5.41, 5.74) is 5.32. The largest absolute Gasteiger partial charge is 0.446 e. The van der Waals surface area contributed by atoms with Crippen molar-refractivity contribution in [2.45, 2.75) is 56.5 Å². The molecule has 0 bridgehead atoms. The summed E-state index contributed by atoms with van der Waals surface area (Å²) in [5, 5.41) is 3.55. The highest BCUT2D eigenvalue weighted by molar-refractivity contribution is 5.68. The average molecular weight is 388 g/mol. The second kappa shape index (κ2) is 7.94. The molecule has 0 aromatic carbocycles. The van der Waals surface area contributed by atoms with Gasteiger partial charge >= 0.3 is 6.09 Å². The number of pyridine rings is 1. The standard InChI is InChI=1S/C20H28N4O4/c25-20(27-16-1-2-16)24-8-4-13(5-9-24)18-22-19(28-23-18)14-3-7-21-17(11-14)15-6-10-26-12-15/h3,7,11,13,15-16,18-19,22-23H,1-2,4-6,8-10,12H2. The van der Waals surface area contributed by atoms with Gasteiger partial charge < -0.3 is 14.4 Å². The van der Waals surface area contributed by atoms with Crippen molar-refractivity contribution in [3.8, 4) is 0 Å². The molecule has 152 valence electrons. The van der Waals surface area contributed by atoms with Crippen LogP contribution in [0.25, 0.3) is 0 Å². The van der Waals surface area contributed by atoms with Crippen LogP contribution in [-0.4, -0.2) is 54.6 Å². The summed E-state index contributed by atoms with van der Waals surface area (Å²) in [6.07, 6.45) is 6.68. The lowest BCUT2D eigenvalue weighted by atomic mass is 9.94. The number of amides is 1. The number of hydrogen-bond donors (Lipinski definition) is 2. The van der Waals surface area contributed by atoms with Crippen LogP contribution in [0.2, 0.25) is 0 Å². The van der Waals surface area contributed by atoms with Crippen molar-refractivity contribution in [2.75, 3.05) is 26.3 Å². The smallest absolute Gasteiger partial charge is 0.410 e. The number of nitrogens with one attached hydrogen (secondary N) is 2. The van der Waals surface area contributed by atoms with E-state index in [1.807, 2.05) is 17.2 Å². The van der Waals surface area contributed by atoms with Crippen LogP contribution in [0.1, 0.15) is 55.5 Å². The molecule has 0 spiro atoms. The molecule has 4 heterocycles. The van der Waals surface area contributed by atoms with Crippen LogP contribution in [0.5, 0.6) is 0 Å². The van der Waals surface area contributed by atoms with Crippen LogP contribution >= 0.6 is 0 Å². The van der Waals surface area contributed by atoms with Gasteiger partial charge in [-0.15, -0.1) is 0 Å². The zero-order chi connectivity index (χ0) is 18.9. The van der Waals surface area contributed by atoms with Gasteiger partial charge in [-0.05, 0) is 50.2 Å². The van der Waals surface area contributed by atoms with Gasteiger partial charge in [-0.2, -0.15) is 5.48 Å². The highest BCUT2D eigenvalue weighted by Crippen LogP contribution is 2.30. The van der Waals surface area contributed by atoms with E-state index in [4.69, 9.17) is 14.3 Å². The molecule has 2 N–H and O–H groups in total. The number of likely N-dealkylation sites (tertiary alicyclic amines) is 1. The van der Waals surface area contributed by atoms with Crippen molar-refractivity contribution >= 4 is 6.09 Å². The lowest BCUT2D eigenvalue weighted by Gasteiger charge is -2.33. The summed E-state index contributed by atoms with van der Waals surface area (Å²) in [6, 6.07) is 4.12. The monoisotopic (exact) mass is 388 g/mol. The molecular weight excluding hydrogens is 360 g/mol. The lowest BCUT2D eigenvalue weighted by Crippen LogP contribution is -2.47. The molecule has 8 nitrogen and oxygen atoms in total. The Labute approximate surface area is 164 Å². The first-order valence-corrected chi connectivity index (χ1v) is 10.4. The molecular formula is C20H28N4O4. The Kier molecular flexibility index (Phi) is 5.19. The fourth-order valence-corrected chi connectivity index (χ4v) is 4.21. The molecule has 1 aromatic rings. The minimum atomic E-state index is -0.188. The van der Waals surface area contributed by atoms with E-state index in [1.165, 1.54) is 0 Å². The van der Waals surface area contributed by atoms with Gasteiger partial charge in [0.15, 0.2) is 6.23 Å². The van der Waals surface area contributed by atoms with Crippen LogP contribution in [0, 0.1) is 5.92 Å². The predicted molar refractivity (Wildman–Crippen MR) is 100 cm³/mol. The van der Waals surface area contributed by atoms with Crippen molar-refractivity contribution in [3.63, 3.8) is 0 Å². The second-order valence-corrected chi connectivity index (χ2v) is 8.24. The molecule has 3 aliphatic heterocycles. The zero-order valence-corrected chi connectivity index (χ0v) is 16.0. The topological polar surface area (TPSA) is 85.0 Å². The van der Waals surface area contributed by atoms with Gasteiger partial charge in [-0.1, -0.05) is 0 Å². The average Bonchev–Trinajstić information content (AvgIpc) is 3.21. The van der Waals surface area contributed by atoms with Gasteiger partial charge in [0.25, 0.3) is 0 Å². The van der Waals surface area contributed by atoms with E-state index in [2.05, 4.69) is 21.8 Å². The van der Waals surface area contributed by atoms with Crippen molar-refractivity contribution < 1.29 is 19.1 Å². The van der Waals surface area contributed by atoms with Gasteiger partial charge in [-0.25, -0.2) is 4.79 Å². The molecule has 4 aliphatic rings. The predicted octanol–water partition coefficient (Wildman–Crippen LogP) is 2.05. The highest BCUT2D eigenvalue weighted by atomic mass is 16.7. The number of hydrogen-bond acceptors (Lipinski definition) is 7. The number of rotatable bonds is 4. The summed E-state index contributed by atoms with van der Waals surface area (Å²) in [4.78, 5) is 24.3. The molecule has 1 aliphatic carbocycles. The fourth-order valence-electron chi connectivity index (χ4n) is 4.21. The number of aromatic nitrogens is 1. The molecule has 0 radical (unpaired) electrons. The first-order valence-electron chi connectivity index (χ1n) is 10.4. The number of carbonyl (C=O) groups excluding carboxylic acids is 1. The van der Waals surface area contributed by atoms with Crippen molar-refractivity contribution in [3.05, 3.63) is 29.6 Å². The molecule has 8 heteroatoms. The molecule has 3 atom stereocenters. The lowest BCUT2D eigenvalue weighted by molar-refractivity contribution is 0.0133. The van der Waals surface area contributed by atoms with Gasteiger partial charge in [0.05, 0.1) is 12.8 Å². The Bertz CT molecular complexity index is 699. The summed E-state index contributed by atoms with van der Waals surface area (Å²) in [7, 11) is 0. The molecule has 3 unspecified atom stereocenters. The van der Waals surface area contributed by atoms with E-state index in [0.717, 1.165) is 69.7 Å². The maximum Gasteiger partial charge on any atom is 0.410 e. The summed E-state index contributed by atoms with van der Waals surface area (Å²) < 4.78 is 10.9. The molecule has 4 fully saturated rings. The Hall–Kier alpha value is -1.74. The maximum atomic E-state index is 12.1. The molecule has 1 amide bonds. The van der Waals surface area contributed by atoms with Crippen molar-refractivity contribution in [2.24, 2.45) is 5.92 Å². The molecule has 1 saturated carbocycles.